The topological polar surface area (TPSA) is 46.3 Å². The number of nitrogens with zero attached hydrogens (tertiary/aromatic N) is 5. The van der Waals surface area contributed by atoms with Crippen molar-refractivity contribution in [2.75, 3.05) is 19.0 Å². The molecule has 1 aliphatic heterocycles. The van der Waals surface area contributed by atoms with Crippen LogP contribution >= 0.6 is 0 Å². The molecule has 6 nitrogen and oxygen atoms in total. The van der Waals surface area contributed by atoms with Crippen molar-refractivity contribution in [3.05, 3.63) is 65.6 Å². The van der Waals surface area contributed by atoms with Crippen LogP contribution in [0.15, 0.2) is 48.8 Å². The van der Waals surface area contributed by atoms with E-state index in [-0.39, 0.29) is 11.4 Å². The van der Waals surface area contributed by atoms with Crippen molar-refractivity contribution < 1.29 is 4.79 Å². The molecule has 0 saturated carbocycles. The summed E-state index contributed by atoms with van der Waals surface area (Å²) in [7, 11) is 3.99. The normalized spacial score (nSPS) is 13.7. The molecule has 0 radical (unpaired) electrons. The minimum atomic E-state index is -0.138. The van der Waals surface area contributed by atoms with Gasteiger partial charge in [-0.15, -0.1) is 0 Å². The van der Waals surface area contributed by atoms with Crippen LogP contribution < -0.4 is 4.90 Å². The van der Waals surface area contributed by atoms with Crippen molar-refractivity contribution in [3.8, 4) is 5.82 Å². The number of benzene rings is 1. The number of aromatic nitrogens is 3. The number of hydrogen-bond acceptors (Lipinski definition) is 3. The summed E-state index contributed by atoms with van der Waals surface area (Å²) in [6, 6.07) is 11.8. The van der Waals surface area contributed by atoms with E-state index in [1.807, 2.05) is 72.7 Å². The lowest BCUT2D eigenvalue weighted by molar-refractivity contribution is 0.0748. The van der Waals surface area contributed by atoms with Crippen LogP contribution in [0.5, 0.6) is 0 Å². The van der Waals surface area contributed by atoms with E-state index in [2.05, 4.69) is 30.0 Å². The van der Waals surface area contributed by atoms with Gasteiger partial charge in [0, 0.05) is 43.3 Å². The monoisotopic (exact) mass is 377 g/mol. The van der Waals surface area contributed by atoms with Crippen molar-refractivity contribution in [1.29, 1.82) is 0 Å². The molecule has 0 atom stereocenters. The van der Waals surface area contributed by atoms with Gasteiger partial charge in [-0.25, -0.2) is 4.68 Å². The fraction of sp³-hybridized carbons (Fsp3) is 0.364. The number of anilines is 1. The summed E-state index contributed by atoms with van der Waals surface area (Å²) in [5.74, 6) is 1.09. The van der Waals surface area contributed by atoms with Gasteiger partial charge in [-0.2, -0.15) is 5.10 Å². The van der Waals surface area contributed by atoms with Crippen LogP contribution in [0.4, 0.5) is 5.69 Å². The van der Waals surface area contributed by atoms with Gasteiger partial charge in [0.25, 0.3) is 5.91 Å². The minimum Gasteiger partial charge on any atom is -0.378 e. The van der Waals surface area contributed by atoms with E-state index in [0.717, 1.165) is 22.8 Å². The third kappa shape index (κ3) is 3.09. The second-order valence-corrected chi connectivity index (χ2v) is 8.52. The standard InChI is InChI=1S/C22H27N5O/c1-22(2,3)27-20(25-12-6-7-13-25)18-14-26(15-19(18)23-27)21(28)16-8-10-17(11-9-16)24(4)5/h6-13H,14-15H2,1-5H3. The van der Waals surface area contributed by atoms with Crippen molar-refractivity contribution in [1.82, 2.24) is 19.2 Å². The van der Waals surface area contributed by atoms with E-state index < -0.39 is 0 Å². The lowest BCUT2D eigenvalue weighted by Gasteiger charge is -2.24. The number of fused-ring (bicyclic) bond motifs is 1. The molecule has 1 aromatic carbocycles. The third-order valence-electron chi connectivity index (χ3n) is 5.13. The van der Waals surface area contributed by atoms with E-state index in [0.29, 0.717) is 18.7 Å². The van der Waals surface area contributed by atoms with Gasteiger partial charge in [0.05, 0.1) is 24.3 Å². The van der Waals surface area contributed by atoms with Crippen LogP contribution in [0, 0.1) is 0 Å². The second kappa shape index (κ2) is 6.55. The molecule has 146 valence electrons. The summed E-state index contributed by atoms with van der Waals surface area (Å²) in [5.41, 5.74) is 3.77. The van der Waals surface area contributed by atoms with Gasteiger partial charge in [0.15, 0.2) is 0 Å². The van der Waals surface area contributed by atoms with Crippen molar-refractivity contribution >= 4 is 11.6 Å². The first-order valence-corrected chi connectivity index (χ1v) is 9.57. The Labute approximate surface area is 166 Å². The first kappa shape index (κ1) is 18.3. The fourth-order valence-corrected chi connectivity index (χ4v) is 3.64. The summed E-state index contributed by atoms with van der Waals surface area (Å²) in [4.78, 5) is 16.9. The third-order valence-corrected chi connectivity index (χ3v) is 5.13. The van der Waals surface area contributed by atoms with Gasteiger partial charge in [-0.1, -0.05) is 0 Å². The van der Waals surface area contributed by atoms with E-state index in [1.165, 1.54) is 0 Å². The molecular formula is C22H27N5O. The average Bonchev–Trinajstić information content (AvgIpc) is 3.35. The molecule has 1 aliphatic rings. The van der Waals surface area contributed by atoms with E-state index in [1.54, 1.807) is 0 Å². The molecule has 0 spiro atoms. The summed E-state index contributed by atoms with van der Waals surface area (Å²) in [5, 5.41) is 4.88. The van der Waals surface area contributed by atoms with Crippen molar-refractivity contribution in [3.63, 3.8) is 0 Å². The van der Waals surface area contributed by atoms with E-state index in [9.17, 15) is 4.79 Å². The highest BCUT2D eigenvalue weighted by molar-refractivity contribution is 5.95. The maximum atomic E-state index is 13.0. The number of amides is 1. The molecule has 28 heavy (non-hydrogen) atoms. The van der Waals surface area contributed by atoms with Crippen LogP contribution in [0.1, 0.15) is 42.4 Å². The zero-order valence-electron chi connectivity index (χ0n) is 17.2. The smallest absolute Gasteiger partial charge is 0.254 e. The molecule has 0 unspecified atom stereocenters. The summed E-state index contributed by atoms with van der Waals surface area (Å²) >= 11 is 0. The number of rotatable bonds is 3. The Bertz CT molecular complexity index is 991. The van der Waals surface area contributed by atoms with Gasteiger partial charge < -0.3 is 14.4 Å². The van der Waals surface area contributed by atoms with Crippen molar-refractivity contribution in [2.24, 2.45) is 0 Å². The second-order valence-electron chi connectivity index (χ2n) is 8.52. The lowest BCUT2D eigenvalue weighted by Crippen LogP contribution is -2.29. The molecule has 3 aromatic rings. The molecule has 0 aliphatic carbocycles. The molecular weight excluding hydrogens is 350 g/mol. The Morgan fingerprint density at radius 2 is 1.68 bits per heavy atom. The fourth-order valence-electron chi connectivity index (χ4n) is 3.64. The van der Waals surface area contributed by atoms with E-state index >= 15 is 0 Å². The maximum Gasteiger partial charge on any atom is 0.254 e. The Morgan fingerprint density at radius 3 is 2.25 bits per heavy atom. The molecule has 4 rings (SSSR count). The highest BCUT2D eigenvalue weighted by Gasteiger charge is 2.33. The minimum absolute atomic E-state index is 0.0454. The summed E-state index contributed by atoms with van der Waals surface area (Å²) < 4.78 is 4.17. The Kier molecular flexibility index (Phi) is 4.29. The van der Waals surface area contributed by atoms with Crippen LogP contribution in [0.2, 0.25) is 0 Å². The van der Waals surface area contributed by atoms with Crippen LogP contribution in [-0.2, 0) is 18.6 Å². The molecule has 0 fully saturated rings. The molecule has 3 heterocycles. The first-order chi connectivity index (χ1) is 13.3. The highest BCUT2D eigenvalue weighted by atomic mass is 16.2. The number of hydrogen-bond donors (Lipinski definition) is 0. The quantitative estimate of drug-likeness (QED) is 0.700. The number of carbonyl (C=O) groups excluding carboxylic acids is 1. The zero-order valence-corrected chi connectivity index (χ0v) is 17.2. The average molecular weight is 377 g/mol. The van der Waals surface area contributed by atoms with Crippen LogP contribution in [0.25, 0.3) is 5.82 Å². The van der Waals surface area contributed by atoms with E-state index in [4.69, 9.17) is 5.10 Å². The Balaban J connectivity index is 1.64. The first-order valence-electron chi connectivity index (χ1n) is 9.57. The molecule has 0 saturated heterocycles. The van der Waals surface area contributed by atoms with Crippen LogP contribution in [0.3, 0.4) is 0 Å². The molecule has 0 bridgehead atoms. The Hall–Kier alpha value is -3.02. The molecule has 0 N–H and O–H groups in total. The molecule has 6 heteroatoms. The Morgan fingerprint density at radius 1 is 1.04 bits per heavy atom. The predicted molar refractivity (Wildman–Crippen MR) is 111 cm³/mol. The van der Waals surface area contributed by atoms with Gasteiger partial charge in [0.1, 0.15) is 5.82 Å². The maximum absolute atomic E-state index is 13.0. The largest absolute Gasteiger partial charge is 0.378 e. The molecule has 1 amide bonds. The van der Waals surface area contributed by atoms with Crippen molar-refractivity contribution in [2.45, 2.75) is 39.4 Å². The highest BCUT2D eigenvalue weighted by Crippen LogP contribution is 2.32. The van der Waals surface area contributed by atoms with Crippen LogP contribution in [-0.4, -0.2) is 39.3 Å². The van der Waals surface area contributed by atoms with Gasteiger partial charge in [0.2, 0.25) is 0 Å². The summed E-state index contributed by atoms with van der Waals surface area (Å²) in [6.45, 7) is 7.57. The van der Waals surface area contributed by atoms with Gasteiger partial charge in [-0.3, -0.25) is 4.79 Å². The zero-order chi connectivity index (χ0) is 20.1. The predicted octanol–water partition coefficient (Wildman–Crippen LogP) is 3.65. The van der Waals surface area contributed by atoms with Gasteiger partial charge >= 0.3 is 0 Å². The summed E-state index contributed by atoms with van der Waals surface area (Å²) in [6.07, 6.45) is 4.06. The molecule has 2 aromatic heterocycles. The van der Waals surface area contributed by atoms with Gasteiger partial charge in [-0.05, 0) is 57.2 Å². The lowest BCUT2D eigenvalue weighted by atomic mass is 10.1. The SMILES string of the molecule is CN(C)c1ccc(C(=O)N2Cc3nn(C(C)(C)C)c(-n4cccc4)c3C2)cc1. The number of carbonyl (C=O) groups is 1.